The molecule has 0 radical (unpaired) electrons. The van der Waals surface area contributed by atoms with Crippen LogP contribution in [0.5, 0.6) is 34.5 Å². The van der Waals surface area contributed by atoms with E-state index in [1.807, 2.05) is 0 Å². The fourth-order valence-corrected chi connectivity index (χ4v) is 5.60. The number of hydrogen-bond donors (Lipinski definition) is 6. The van der Waals surface area contributed by atoms with Crippen LogP contribution in [0.3, 0.4) is 0 Å². The maximum absolute atomic E-state index is 13.0. The smallest absolute Gasteiger partial charge is 0.235 e. The summed E-state index contributed by atoms with van der Waals surface area (Å²) in [6.07, 6.45) is 19.6. The first-order chi connectivity index (χ1) is 19.8. The molecule has 0 atom stereocenters. The lowest BCUT2D eigenvalue weighted by Gasteiger charge is -2.20. The summed E-state index contributed by atoms with van der Waals surface area (Å²) in [5, 5.41) is 61.2. The second-order valence-corrected chi connectivity index (χ2v) is 11.2. The molecule has 0 spiro atoms. The third-order valence-corrected chi connectivity index (χ3v) is 7.89. The number of aryl methyl sites for hydroxylation is 1. The Morgan fingerprint density at radius 3 is 1.51 bits per heavy atom. The van der Waals surface area contributed by atoms with Crippen molar-refractivity contribution in [1.29, 1.82) is 0 Å². The minimum Gasteiger partial charge on any atom is -0.508 e. The van der Waals surface area contributed by atoms with Gasteiger partial charge in [-0.1, -0.05) is 103 Å². The highest BCUT2D eigenvalue weighted by Crippen LogP contribution is 2.42. The highest BCUT2D eigenvalue weighted by molar-refractivity contribution is 5.91. The van der Waals surface area contributed by atoms with Crippen molar-refractivity contribution in [3.05, 3.63) is 34.5 Å². The maximum Gasteiger partial charge on any atom is 0.235 e. The first-order valence-electron chi connectivity index (χ1n) is 15.3. The fraction of sp³-hybridized carbons (Fsp3) is 0.545. The lowest BCUT2D eigenvalue weighted by atomic mass is 10.0. The average Bonchev–Trinajstić information content (AvgIpc) is 2.93. The van der Waals surface area contributed by atoms with Gasteiger partial charge in [0.25, 0.3) is 0 Å². The first-order valence-corrected chi connectivity index (χ1v) is 15.3. The van der Waals surface area contributed by atoms with E-state index >= 15 is 0 Å². The van der Waals surface area contributed by atoms with Crippen molar-refractivity contribution in [2.45, 2.75) is 116 Å². The molecule has 0 aliphatic heterocycles. The molecule has 0 saturated heterocycles. The van der Waals surface area contributed by atoms with E-state index in [0.717, 1.165) is 37.5 Å². The third-order valence-electron chi connectivity index (χ3n) is 7.89. The molecule has 3 rings (SSSR count). The van der Waals surface area contributed by atoms with Crippen LogP contribution in [0, 0.1) is 0 Å². The molecule has 0 saturated carbocycles. The van der Waals surface area contributed by atoms with E-state index < -0.39 is 34.2 Å². The van der Waals surface area contributed by atoms with Gasteiger partial charge in [-0.3, -0.25) is 4.79 Å². The van der Waals surface area contributed by atoms with E-state index in [-0.39, 0.29) is 27.9 Å². The zero-order valence-corrected chi connectivity index (χ0v) is 24.4. The molecule has 41 heavy (non-hydrogen) atoms. The Hall–Kier alpha value is -3.55. The van der Waals surface area contributed by atoms with Crippen LogP contribution in [0.15, 0.2) is 29.1 Å². The number of phenols is 5. The molecule has 2 aromatic carbocycles. The molecule has 0 unspecified atom stereocenters. The van der Waals surface area contributed by atoms with Gasteiger partial charge in [0.1, 0.15) is 11.5 Å². The number of aromatic hydroxyl groups is 6. The minimum atomic E-state index is -0.845. The molecule has 6 N–H and O–H groups in total. The molecule has 3 aromatic rings. The number of aromatic nitrogens is 1. The van der Waals surface area contributed by atoms with Crippen LogP contribution in [-0.4, -0.2) is 35.2 Å². The Balaban J connectivity index is 1.56. The molecule has 1 heterocycles. The second-order valence-electron chi connectivity index (χ2n) is 11.2. The summed E-state index contributed by atoms with van der Waals surface area (Å²) in [6, 6.07) is 4.66. The number of rotatable bonds is 18. The average molecular weight is 570 g/mol. The summed E-state index contributed by atoms with van der Waals surface area (Å²) in [6.45, 7) is 2.60. The van der Waals surface area contributed by atoms with Crippen molar-refractivity contribution >= 4 is 10.9 Å². The maximum atomic E-state index is 13.0. The molecule has 0 aliphatic carbocycles. The van der Waals surface area contributed by atoms with Gasteiger partial charge in [0.05, 0.1) is 16.6 Å². The van der Waals surface area contributed by atoms with Crippen molar-refractivity contribution in [1.82, 2.24) is 4.57 Å². The van der Waals surface area contributed by atoms with Gasteiger partial charge in [-0.25, -0.2) is 0 Å². The topological polar surface area (TPSA) is 143 Å². The van der Waals surface area contributed by atoms with E-state index in [9.17, 15) is 35.4 Å². The van der Waals surface area contributed by atoms with E-state index in [4.69, 9.17) is 0 Å². The lowest BCUT2D eigenvalue weighted by Crippen LogP contribution is -2.13. The minimum absolute atomic E-state index is 0.0130. The Morgan fingerprint density at radius 2 is 1.02 bits per heavy atom. The lowest BCUT2D eigenvalue weighted by molar-refractivity contribution is 0.368. The molecule has 0 fully saturated rings. The standard InChI is InChI=1S/C33H47NO7/c1-2-3-4-5-6-7-8-9-10-11-12-13-14-15-16-17-18-34-25-21-24(35)22-26(36)29(25)32(40)33(41)30(34)23-19-27(37)31(39)28(38)20-23/h19-22,35-39,41H,2-18H2,1H3. The molecule has 0 amide bonds. The largest absolute Gasteiger partial charge is 0.508 e. The predicted octanol–water partition coefficient (Wildman–Crippen LogP) is 8.16. The van der Waals surface area contributed by atoms with Gasteiger partial charge in [0.15, 0.2) is 23.0 Å². The summed E-state index contributed by atoms with van der Waals surface area (Å²) >= 11 is 0. The van der Waals surface area contributed by atoms with Crippen LogP contribution in [-0.2, 0) is 6.54 Å². The normalized spacial score (nSPS) is 11.4. The zero-order chi connectivity index (χ0) is 29.8. The molecule has 8 heteroatoms. The summed E-state index contributed by atoms with van der Waals surface area (Å²) in [5.41, 5.74) is -0.510. The molecule has 0 bridgehead atoms. The van der Waals surface area contributed by atoms with Gasteiger partial charge >= 0.3 is 0 Å². The molecular formula is C33H47NO7. The fourth-order valence-electron chi connectivity index (χ4n) is 5.60. The Labute approximate surface area is 242 Å². The van der Waals surface area contributed by atoms with Crippen molar-refractivity contribution in [2.75, 3.05) is 0 Å². The second kappa shape index (κ2) is 16.0. The molecule has 1 aromatic heterocycles. The Kier molecular flexibility index (Phi) is 12.5. The SMILES string of the molecule is CCCCCCCCCCCCCCCCCCn1c(-c2cc(O)c(O)c(O)c2)c(O)c(=O)c2c(O)cc(O)cc21. The van der Waals surface area contributed by atoms with E-state index in [2.05, 4.69) is 6.92 Å². The predicted molar refractivity (Wildman–Crippen MR) is 163 cm³/mol. The van der Waals surface area contributed by atoms with Gasteiger partial charge in [-0.2, -0.15) is 0 Å². The number of nitrogens with zero attached hydrogens (tertiary/aromatic N) is 1. The number of hydrogen-bond acceptors (Lipinski definition) is 7. The van der Waals surface area contributed by atoms with Gasteiger partial charge in [-0.15, -0.1) is 0 Å². The van der Waals surface area contributed by atoms with Crippen LogP contribution >= 0.6 is 0 Å². The van der Waals surface area contributed by atoms with E-state index in [1.165, 1.54) is 83.1 Å². The van der Waals surface area contributed by atoms with Crippen molar-refractivity contribution < 1.29 is 30.6 Å². The summed E-state index contributed by atoms with van der Waals surface area (Å²) in [4.78, 5) is 13.0. The number of phenolic OH excluding ortho intramolecular Hbond substituents is 5. The third kappa shape index (κ3) is 8.72. The van der Waals surface area contributed by atoms with Gasteiger partial charge in [0, 0.05) is 24.2 Å². The quantitative estimate of drug-likeness (QED) is 0.0670. The zero-order valence-electron chi connectivity index (χ0n) is 24.4. The van der Waals surface area contributed by atoms with Crippen molar-refractivity contribution in [3.8, 4) is 45.8 Å². The molecule has 226 valence electrons. The number of unbranched alkanes of at least 4 members (excludes halogenated alkanes) is 15. The number of pyridine rings is 1. The molecule has 8 nitrogen and oxygen atoms in total. The van der Waals surface area contributed by atoms with Crippen molar-refractivity contribution in [3.63, 3.8) is 0 Å². The molecule has 0 aliphatic rings. The first kappa shape index (κ1) is 32.0. The van der Waals surface area contributed by atoms with Crippen LogP contribution in [0.25, 0.3) is 22.2 Å². The Bertz CT molecular complexity index is 1310. The van der Waals surface area contributed by atoms with E-state index in [1.54, 1.807) is 4.57 Å². The summed E-state index contributed by atoms with van der Waals surface area (Å²) < 4.78 is 1.60. The van der Waals surface area contributed by atoms with Crippen LogP contribution in [0.1, 0.15) is 110 Å². The van der Waals surface area contributed by atoms with Gasteiger partial charge in [-0.05, 0) is 18.6 Å². The number of benzene rings is 2. The monoisotopic (exact) mass is 569 g/mol. The van der Waals surface area contributed by atoms with Crippen molar-refractivity contribution in [2.24, 2.45) is 0 Å². The highest BCUT2D eigenvalue weighted by Gasteiger charge is 2.22. The van der Waals surface area contributed by atoms with Gasteiger partial charge < -0.3 is 35.2 Å². The van der Waals surface area contributed by atoms with E-state index in [0.29, 0.717) is 13.0 Å². The van der Waals surface area contributed by atoms with Crippen LogP contribution in [0.4, 0.5) is 0 Å². The summed E-state index contributed by atoms with van der Waals surface area (Å²) in [5.74, 6) is -3.30. The number of fused-ring (bicyclic) bond motifs is 1. The Morgan fingerprint density at radius 1 is 0.561 bits per heavy atom. The van der Waals surface area contributed by atoms with Crippen LogP contribution in [0.2, 0.25) is 0 Å². The summed E-state index contributed by atoms with van der Waals surface area (Å²) in [7, 11) is 0. The highest BCUT2D eigenvalue weighted by atomic mass is 16.3. The van der Waals surface area contributed by atoms with Gasteiger partial charge in [0.2, 0.25) is 5.43 Å². The van der Waals surface area contributed by atoms with Crippen LogP contribution < -0.4 is 5.43 Å². The molecular weight excluding hydrogens is 522 g/mol.